The van der Waals surface area contributed by atoms with Gasteiger partial charge in [-0.3, -0.25) is 14.4 Å². The first-order chi connectivity index (χ1) is 37.5. The van der Waals surface area contributed by atoms with Crippen molar-refractivity contribution in [1.29, 1.82) is 0 Å². The largest absolute Gasteiger partial charge is 0.462 e. The van der Waals surface area contributed by atoms with Gasteiger partial charge in [-0.1, -0.05) is 251 Å². The van der Waals surface area contributed by atoms with Crippen molar-refractivity contribution in [3.05, 3.63) is 122 Å². The van der Waals surface area contributed by atoms with E-state index in [0.29, 0.717) is 19.3 Å². The number of hydrogen-bond donors (Lipinski definition) is 0. The summed E-state index contributed by atoms with van der Waals surface area (Å²) in [5, 5.41) is 0. The Morgan fingerprint density at radius 3 is 0.829 bits per heavy atom. The van der Waals surface area contributed by atoms with Crippen molar-refractivity contribution in [2.24, 2.45) is 0 Å². The summed E-state index contributed by atoms with van der Waals surface area (Å²) in [5.41, 5.74) is 0. The smallest absolute Gasteiger partial charge is 0.306 e. The standard InChI is InChI=1S/C70H116O6/c1-4-7-10-13-16-19-22-25-28-30-31-32-33-34-35-36-37-38-39-40-43-45-48-51-54-57-60-63-69(72)75-66-67(65-74-68(71)62-59-56-53-50-47-44-41-27-24-21-18-15-12-9-6-3)76-70(73)64-61-58-55-52-49-46-42-29-26-23-20-17-14-11-8-5-2/h7,10,16,19-20,23,25,27-29,31-32,34-35,37-38,40-43,67H,4-6,8-9,11-15,17-18,21-22,24,26,30,33,36,39,44-66H2,1-3H3/b10-7-,19-16-,23-20-,28-25-,32-31-,35-34-,38-37-,41-27-,42-29-,43-40-. The molecule has 0 bridgehead atoms. The Hall–Kier alpha value is -4.19. The minimum absolute atomic E-state index is 0.0962. The molecule has 0 saturated heterocycles. The highest BCUT2D eigenvalue weighted by Gasteiger charge is 2.19. The second-order valence-electron chi connectivity index (χ2n) is 20.6. The van der Waals surface area contributed by atoms with Crippen molar-refractivity contribution >= 4 is 17.9 Å². The number of unbranched alkanes of at least 4 members (excludes halogenated alkanes) is 25. The van der Waals surface area contributed by atoms with Gasteiger partial charge >= 0.3 is 17.9 Å². The Morgan fingerprint density at radius 2 is 0.513 bits per heavy atom. The van der Waals surface area contributed by atoms with Crippen LogP contribution in [0.3, 0.4) is 0 Å². The first kappa shape index (κ1) is 71.8. The van der Waals surface area contributed by atoms with E-state index < -0.39 is 6.10 Å². The Morgan fingerprint density at radius 1 is 0.276 bits per heavy atom. The molecule has 6 nitrogen and oxygen atoms in total. The van der Waals surface area contributed by atoms with Crippen molar-refractivity contribution in [2.45, 2.75) is 290 Å². The van der Waals surface area contributed by atoms with Crippen LogP contribution < -0.4 is 0 Å². The summed E-state index contributed by atoms with van der Waals surface area (Å²) < 4.78 is 16.9. The molecule has 0 aromatic carbocycles. The molecule has 0 fully saturated rings. The lowest BCUT2D eigenvalue weighted by molar-refractivity contribution is -0.167. The minimum Gasteiger partial charge on any atom is -0.462 e. The molecular formula is C70H116O6. The van der Waals surface area contributed by atoms with Gasteiger partial charge in [0.1, 0.15) is 13.2 Å². The van der Waals surface area contributed by atoms with Gasteiger partial charge in [0.05, 0.1) is 0 Å². The molecule has 0 aromatic heterocycles. The van der Waals surface area contributed by atoms with E-state index in [9.17, 15) is 14.4 Å². The maximum absolute atomic E-state index is 12.9. The summed E-state index contributed by atoms with van der Waals surface area (Å²) in [6, 6.07) is 0. The highest BCUT2D eigenvalue weighted by molar-refractivity contribution is 5.71. The summed E-state index contributed by atoms with van der Waals surface area (Å²) in [4.78, 5) is 38.3. The molecule has 0 aromatic rings. The van der Waals surface area contributed by atoms with Crippen LogP contribution in [0.25, 0.3) is 0 Å². The first-order valence-corrected chi connectivity index (χ1v) is 31.5. The van der Waals surface area contributed by atoms with E-state index in [1.807, 2.05) is 0 Å². The van der Waals surface area contributed by atoms with E-state index in [-0.39, 0.29) is 31.1 Å². The fourth-order valence-corrected chi connectivity index (χ4v) is 8.45. The fraction of sp³-hybridized carbons (Fsp3) is 0.671. The normalized spacial score (nSPS) is 12.9. The van der Waals surface area contributed by atoms with Gasteiger partial charge in [0, 0.05) is 19.3 Å². The molecule has 0 amide bonds. The second-order valence-corrected chi connectivity index (χ2v) is 20.6. The molecule has 0 radical (unpaired) electrons. The molecular weight excluding hydrogens is 937 g/mol. The Balaban J connectivity index is 4.42. The monoisotopic (exact) mass is 1050 g/mol. The summed E-state index contributed by atoms with van der Waals surface area (Å²) >= 11 is 0. The number of hydrogen-bond acceptors (Lipinski definition) is 6. The molecule has 76 heavy (non-hydrogen) atoms. The lowest BCUT2D eigenvalue weighted by Crippen LogP contribution is -2.30. The van der Waals surface area contributed by atoms with Crippen molar-refractivity contribution in [3.63, 3.8) is 0 Å². The topological polar surface area (TPSA) is 78.9 Å². The molecule has 0 spiro atoms. The predicted molar refractivity (Wildman–Crippen MR) is 330 cm³/mol. The van der Waals surface area contributed by atoms with Gasteiger partial charge in [0.2, 0.25) is 0 Å². The van der Waals surface area contributed by atoms with Crippen LogP contribution in [0.5, 0.6) is 0 Å². The van der Waals surface area contributed by atoms with E-state index in [2.05, 4.69) is 142 Å². The quantitative estimate of drug-likeness (QED) is 0.0261. The number of rotatable bonds is 56. The van der Waals surface area contributed by atoms with Crippen LogP contribution in [-0.4, -0.2) is 37.2 Å². The number of carbonyl (C=O) groups is 3. The van der Waals surface area contributed by atoms with Gasteiger partial charge < -0.3 is 14.2 Å². The predicted octanol–water partition coefficient (Wildman–Crippen LogP) is 21.6. The molecule has 1 atom stereocenters. The van der Waals surface area contributed by atoms with Crippen LogP contribution >= 0.6 is 0 Å². The van der Waals surface area contributed by atoms with E-state index in [0.717, 1.165) is 154 Å². The second kappa shape index (κ2) is 63.3. The lowest BCUT2D eigenvalue weighted by Gasteiger charge is -2.18. The Kier molecular flexibility index (Phi) is 59.9. The van der Waals surface area contributed by atoms with Crippen LogP contribution in [0.1, 0.15) is 284 Å². The molecule has 6 heteroatoms. The van der Waals surface area contributed by atoms with Gasteiger partial charge in [-0.25, -0.2) is 0 Å². The van der Waals surface area contributed by atoms with Crippen molar-refractivity contribution in [3.8, 4) is 0 Å². The average Bonchev–Trinajstić information content (AvgIpc) is 3.42. The third-order valence-corrected chi connectivity index (χ3v) is 13.2. The van der Waals surface area contributed by atoms with Crippen molar-refractivity contribution < 1.29 is 28.6 Å². The first-order valence-electron chi connectivity index (χ1n) is 31.5. The summed E-state index contributed by atoms with van der Waals surface area (Å²) in [7, 11) is 0. The van der Waals surface area contributed by atoms with E-state index >= 15 is 0 Å². The average molecular weight is 1050 g/mol. The van der Waals surface area contributed by atoms with Gasteiger partial charge in [-0.15, -0.1) is 0 Å². The van der Waals surface area contributed by atoms with E-state index in [4.69, 9.17) is 14.2 Å². The number of allylic oxidation sites excluding steroid dienone is 20. The van der Waals surface area contributed by atoms with Crippen LogP contribution in [0.4, 0.5) is 0 Å². The summed E-state index contributed by atoms with van der Waals surface area (Å²) in [5.74, 6) is -0.934. The molecule has 0 saturated carbocycles. The molecule has 432 valence electrons. The number of esters is 3. The zero-order valence-electron chi connectivity index (χ0n) is 49.5. The molecule has 0 heterocycles. The fourth-order valence-electron chi connectivity index (χ4n) is 8.45. The zero-order chi connectivity index (χ0) is 55.0. The van der Waals surface area contributed by atoms with Crippen LogP contribution in [0.2, 0.25) is 0 Å². The highest BCUT2D eigenvalue weighted by atomic mass is 16.6. The van der Waals surface area contributed by atoms with Crippen LogP contribution in [-0.2, 0) is 28.6 Å². The zero-order valence-corrected chi connectivity index (χ0v) is 49.5. The van der Waals surface area contributed by atoms with Crippen molar-refractivity contribution in [2.75, 3.05) is 13.2 Å². The third kappa shape index (κ3) is 60.7. The summed E-state index contributed by atoms with van der Waals surface area (Å²) in [6.07, 6.45) is 87.6. The maximum atomic E-state index is 12.9. The van der Waals surface area contributed by atoms with Gasteiger partial charge in [0.25, 0.3) is 0 Å². The molecule has 0 aliphatic heterocycles. The third-order valence-electron chi connectivity index (χ3n) is 13.2. The molecule has 0 N–H and O–H groups in total. The van der Waals surface area contributed by atoms with Gasteiger partial charge in [-0.05, 0) is 135 Å². The Bertz CT molecular complexity index is 1590. The molecule has 1 unspecified atom stereocenters. The van der Waals surface area contributed by atoms with Crippen LogP contribution in [0, 0.1) is 0 Å². The van der Waals surface area contributed by atoms with Gasteiger partial charge in [0.15, 0.2) is 6.10 Å². The van der Waals surface area contributed by atoms with E-state index in [1.165, 1.54) is 89.9 Å². The number of ether oxygens (including phenoxy) is 3. The van der Waals surface area contributed by atoms with Crippen molar-refractivity contribution in [1.82, 2.24) is 0 Å². The van der Waals surface area contributed by atoms with Gasteiger partial charge in [-0.2, -0.15) is 0 Å². The minimum atomic E-state index is -0.801. The SMILES string of the molecule is CC/C=C\C/C=C\C/C=C\C/C=C\C/C=C\C/C=C\C/C=C\CCCCCCCC(=O)OCC(COC(=O)CCCCCCC/C=C\CCCCCCCC)OC(=O)CCCCCCC/C=C\C/C=C\CCCCCC. The number of carbonyl (C=O) groups excluding carboxylic acids is 3. The molecule has 0 rings (SSSR count). The molecule has 0 aliphatic carbocycles. The summed E-state index contributed by atoms with van der Waals surface area (Å²) in [6.45, 7) is 6.48. The highest BCUT2D eigenvalue weighted by Crippen LogP contribution is 2.14. The van der Waals surface area contributed by atoms with Crippen LogP contribution in [0.15, 0.2) is 122 Å². The lowest BCUT2D eigenvalue weighted by atomic mass is 10.1. The Labute approximate surface area is 469 Å². The maximum Gasteiger partial charge on any atom is 0.306 e. The van der Waals surface area contributed by atoms with E-state index in [1.54, 1.807) is 0 Å². The molecule has 0 aliphatic rings.